The monoisotopic (exact) mass is 770 g/mol. The quantitative estimate of drug-likeness (QED) is 0.0243. The predicted octanol–water partition coefficient (Wildman–Crippen LogP) is 13.6. The van der Waals surface area contributed by atoms with Crippen LogP contribution in [0.4, 0.5) is 0 Å². The average molecular weight is 771 g/mol. The molecule has 0 aliphatic rings. The fourth-order valence-electron chi connectivity index (χ4n) is 7.39. The molecule has 4 aromatic carbocycles. The third-order valence-electron chi connectivity index (χ3n) is 10.6. The molecule has 0 aliphatic heterocycles. The lowest BCUT2D eigenvalue weighted by atomic mass is 9.92. The van der Waals surface area contributed by atoms with Gasteiger partial charge in [0.25, 0.3) is 0 Å². The lowest BCUT2D eigenvalue weighted by Crippen LogP contribution is -2.12. The maximum absolute atomic E-state index is 13.3. The highest BCUT2D eigenvalue weighted by Crippen LogP contribution is 2.48. The van der Waals surface area contributed by atoms with Crippen molar-refractivity contribution in [3.63, 3.8) is 0 Å². The molecule has 8 nitrogen and oxygen atoms in total. The van der Waals surface area contributed by atoms with E-state index in [9.17, 15) is 19.2 Å². The molecule has 306 valence electrons. The van der Waals surface area contributed by atoms with Gasteiger partial charge in [0.1, 0.15) is 23.0 Å². The molecule has 0 aromatic heterocycles. The van der Waals surface area contributed by atoms with Gasteiger partial charge in [0.2, 0.25) is 0 Å². The van der Waals surface area contributed by atoms with Crippen molar-refractivity contribution in [2.24, 2.45) is 0 Å². The zero-order valence-corrected chi connectivity index (χ0v) is 34.7. The Labute approximate surface area is 334 Å². The molecule has 0 spiro atoms. The summed E-state index contributed by atoms with van der Waals surface area (Å²) in [7, 11) is 0. The molecule has 0 fully saturated rings. The number of unbranched alkanes of at least 4 members (excludes halogenated alkanes) is 16. The van der Waals surface area contributed by atoms with Crippen molar-refractivity contribution in [2.75, 3.05) is 0 Å². The SMILES string of the molecule is CCCCCCCC(=O)Oc1cc(OC(=O)CCCCCCC)c2ccc3c(OC(=O)CCCCCCC)cc(OC(=O)CCCCCCC)c4ccc1c2c43. The van der Waals surface area contributed by atoms with Gasteiger partial charge in [-0.2, -0.15) is 0 Å². The minimum Gasteiger partial charge on any atom is -0.426 e. The normalized spacial score (nSPS) is 11.4. The number of hydrogen-bond donors (Lipinski definition) is 0. The fraction of sp³-hybridized carbons (Fsp3) is 0.583. The molecule has 0 heterocycles. The second kappa shape index (κ2) is 24.4. The van der Waals surface area contributed by atoms with Crippen LogP contribution in [0.15, 0.2) is 36.4 Å². The third-order valence-corrected chi connectivity index (χ3v) is 10.6. The van der Waals surface area contributed by atoms with Gasteiger partial charge in [-0.1, -0.05) is 130 Å². The molecular formula is C48H66O8. The average Bonchev–Trinajstić information content (AvgIpc) is 3.18. The highest BCUT2D eigenvalue weighted by molar-refractivity contribution is 6.28. The first-order valence-electron chi connectivity index (χ1n) is 21.9. The standard InChI is InChI=1S/C48H66O8/c1-5-9-13-17-21-25-43(49)53-39-33-40(54-44(50)26-22-18-14-10-6-2)36-31-32-38-42(56-46(52)28-24-20-16-12-8-4)34-41(37-30-29-35(39)47(36)48(37)38)55-45(51)27-23-19-15-11-7-3/h29-34H,5-28H2,1-4H3. The van der Waals surface area contributed by atoms with Crippen LogP contribution in [0.3, 0.4) is 0 Å². The molecular weight excluding hydrogens is 705 g/mol. The van der Waals surface area contributed by atoms with Gasteiger partial charge in [0.15, 0.2) is 0 Å². The summed E-state index contributed by atoms with van der Waals surface area (Å²) >= 11 is 0. The lowest BCUT2D eigenvalue weighted by molar-refractivity contribution is -0.135. The van der Waals surface area contributed by atoms with E-state index in [0.717, 1.165) is 128 Å². The summed E-state index contributed by atoms with van der Waals surface area (Å²) in [5, 5.41) is 3.92. The van der Waals surface area contributed by atoms with E-state index in [2.05, 4.69) is 27.7 Å². The van der Waals surface area contributed by atoms with Crippen LogP contribution in [0, 0.1) is 0 Å². The van der Waals surface area contributed by atoms with E-state index in [1.165, 1.54) is 0 Å². The molecule has 0 aliphatic carbocycles. The van der Waals surface area contributed by atoms with Crippen molar-refractivity contribution >= 4 is 56.2 Å². The number of ether oxygens (including phenoxy) is 4. The number of carbonyl (C=O) groups is 4. The Morgan fingerprint density at radius 2 is 0.554 bits per heavy atom. The van der Waals surface area contributed by atoms with Crippen LogP contribution in [-0.2, 0) is 19.2 Å². The van der Waals surface area contributed by atoms with Gasteiger partial charge in [-0.15, -0.1) is 0 Å². The summed E-state index contributed by atoms with van der Waals surface area (Å²) < 4.78 is 24.2. The second-order valence-electron chi connectivity index (χ2n) is 15.4. The Kier molecular flexibility index (Phi) is 19.4. The minimum absolute atomic E-state index is 0.273. The summed E-state index contributed by atoms with van der Waals surface area (Å²) in [4.78, 5) is 53.0. The van der Waals surface area contributed by atoms with E-state index < -0.39 is 0 Å². The van der Waals surface area contributed by atoms with Gasteiger partial charge in [-0.25, -0.2) is 0 Å². The number of esters is 4. The van der Waals surface area contributed by atoms with Crippen LogP contribution < -0.4 is 18.9 Å². The van der Waals surface area contributed by atoms with Gasteiger partial charge >= 0.3 is 23.9 Å². The summed E-state index contributed by atoms with van der Waals surface area (Å²) in [6, 6.07) is 10.7. The summed E-state index contributed by atoms with van der Waals surface area (Å²) in [6.07, 6.45) is 21.1. The van der Waals surface area contributed by atoms with Crippen molar-refractivity contribution in [3.05, 3.63) is 36.4 Å². The zero-order chi connectivity index (χ0) is 40.1. The van der Waals surface area contributed by atoms with Gasteiger partial charge in [0, 0.05) is 70.1 Å². The van der Waals surface area contributed by atoms with Crippen LogP contribution in [-0.4, -0.2) is 23.9 Å². The van der Waals surface area contributed by atoms with Gasteiger partial charge in [0.05, 0.1) is 0 Å². The molecule has 0 amide bonds. The number of rotatable bonds is 28. The van der Waals surface area contributed by atoms with E-state index in [-0.39, 0.29) is 72.6 Å². The number of hydrogen-bond acceptors (Lipinski definition) is 8. The minimum atomic E-state index is -0.355. The van der Waals surface area contributed by atoms with E-state index in [0.29, 0.717) is 32.3 Å². The Morgan fingerprint density at radius 1 is 0.339 bits per heavy atom. The molecule has 4 rings (SSSR count). The Hall–Kier alpha value is -4.20. The van der Waals surface area contributed by atoms with Crippen LogP contribution in [0.5, 0.6) is 23.0 Å². The van der Waals surface area contributed by atoms with Gasteiger partial charge < -0.3 is 18.9 Å². The molecule has 0 saturated carbocycles. The predicted molar refractivity (Wildman–Crippen MR) is 226 cm³/mol. The van der Waals surface area contributed by atoms with Gasteiger partial charge in [-0.3, -0.25) is 19.2 Å². The fourth-order valence-corrected chi connectivity index (χ4v) is 7.39. The van der Waals surface area contributed by atoms with E-state index in [1.54, 1.807) is 12.1 Å². The lowest BCUT2D eigenvalue weighted by Gasteiger charge is -2.20. The van der Waals surface area contributed by atoms with Crippen molar-refractivity contribution < 1.29 is 38.1 Å². The van der Waals surface area contributed by atoms with Crippen LogP contribution in [0.2, 0.25) is 0 Å². The van der Waals surface area contributed by atoms with Crippen molar-refractivity contribution in [1.82, 2.24) is 0 Å². The number of benzene rings is 4. The summed E-state index contributed by atoms with van der Waals surface area (Å²) in [5.74, 6) is -0.266. The van der Waals surface area contributed by atoms with E-state index >= 15 is 0 Å². The summed E-state index contributed by atoms with van der Waals surface area (Å²) in [5.41, 5.74) is 0. The van der Waals surface area contributed by atoms with E-state index in [4.69, 9.17) is 18.9 Å². The highest BCUT2D eigenvalue weighted by Gasteiger charge is 2.24. The Morgan fingerprint density at radius 3 is 0.768 bits per heavy atom. The highest BCUT2D eigenvalue weighted by atomic mass is 16.6. The smallest absolute Gasteiger partial charge is 0.311 e. The largest absolute Gasteiger partial charge is 0.426 e. The van der Waals surface area contributed by atoms with Crippen molar-refractivity contribution in [1.29, 1.82) is 0 Å². The molecule has 0 unspecified atom stereocenters. The molecule has 0 N–H and O–H groups in total. The Bertz CT molecular complexity index is 1580. The molecule has 56 heavy (non-hydrogen) atoms. The molecule has 0 radical (unpaired) electrons. The molecule has 0 atom stereocenters. The van der Waals surface area contributed by atoms with Crippen LogP contribution >= 0.6 is 0 Å². The first-order chi connectivity index (χ1) is 27.3. The maximum atomic E-state index is 13.3. The first kappa shape index (κ1) is 44.5. The third kappa shape index (κ3) is 13.5. The number of carbonyl (C=O) groups excluding carboxylic acids is 4. The summed E-state index contributed by atoms with van der Waals surface area (Å²) in [6.45, 7) is 8.63. The molecule has 0 saturated heterocycles. The van der Waals surface area contributed by atoms with E-state index in [1.807, 2.05) is 24.3 Å². The molecule has 0 bridgehead atoms. The van der Waals surface area contributed by atoms with Crippen LogP contribution in [0.1, 0.15) is 182 Å². The maximum Gasteiger partial charge on any atom is 0.311 e. The molecule has 4 aromatic rings. The van der Waals surface area contributed by atoms with Gasteiger partial charge in [-0.05, 0) is 49.9 Å². The van der Waals surface area contributed by atoms with Crippen molar-refractivity contribution in [3.8, 4) is 23.0 Å². The van der Waals surface area contributed by atoms with Crippen molar-refractivity contribution in [2.45, 2.75) is 182 Å². The second-order valence-corrected chi connectivity index (χ2v) is 15.4. The van der Waals surface area contributed by atoms with Crippen LogP contribution in [0.25, 0.3) is 32.3 Å². The zero-order valence-electron chi connectivity index (χ0n) is 34.7. The molecule has 8 heteroatoms. The topological polar surface area (TPSA) is 105 Å². The first-order valence-corrected chi connectivity index (χ1v) is 21.9. The Balaban J connectivity index is 1.78.